The van der Waals surface area contributed by atoms with E-state index < -0.39 is 0 Å². The molecule has 3 aromatic rings. The van der Waals surface area contributed by atoms with Gasteiger partial charge in [0.25, 0.3) is 0 Å². The van der Waals surface area contributed by atoms with Crippen molar-refractivity contribution in [2.24, 2.45) is 0 Å². The van der Waals surface area contributed by atoms with Crippen molar-refractivity contribution in [1.82, 2.24) is 0 Å². The normalized spacial score (nSPS) is 12.1. The molecule has 3 rings (SSSR count). The van der Waals surface area contributed by atoms with Crippen LogP contribution in [-0.4, -0.2) is 25.9 Å². The van der Waals surface area contributed by atoms with Crippen LogP contribution in [0.15, 0.2) is 60.7 Å². The summed E-state index contributed by atoms with van der Waals surface area (Å²) in [6.07, 6.45) is 0. The van der Waals surface area contributed by atoms with Crippen molar-refractivity contribution >= 4 is 26.6 Å². The average molecular weight is 370 g/mol. The minimum Gasteiger partial charge on any atom is -0.509 e. The molecule has 0 aromatic heterocycles. The maximum Gasteiger partial charge on any atom is 0.144 e. The maximum atomic E-state index is 9.84. The summed E-state index contributed by atoms with van der Waals surface area (Å²) < 4.78 is 0. The van der Waals surface area contributed by atoms with Crippen LogP contribution in [-0.2, 0) is 10.8 Å². The van der Waals surface area contributed by atoms with Gasteiger partial charge in [-0.2, -0.15) is 0 Å². The van der Waals surface area contributed by atoms with Crippen LogP contribution < -0.4 is 10.9 Å². The number of hydrogen-bond acceptors (Lipinski definition) is 2. The molecule has 0 atom stereocenters. The fourth-order valence-corrected chi connectivity index (χ4v) is 3.73. The second-order valence-electron chi connectivity index (χ2n) is 8.83. The van der Waals surface area contributed by atoms with Gasteiger partial charge in [0.1, 0.15) is 27.2 Å². The number of rotatable bonds is 4. The second kappa shape index (κ2) is 7.09. The zero-order chi connectivity index (χ0) is 20.7. The molecule has 0 saturated heterocycles. The fraction of sp³-hybridized carbons (Fsp3) is 0.250. The number of benzene rings is 3. The third-order valence-electron chi connectivity index (χ3n) is 6.17. The van der Waals surface area contributed by atoms with Gasteiger partial charge >= 0.3 is 0 Å². The van der Waals surface area contributed by atoms with Crippen LogP contribution in [0.1, 0.15) is 49.9 Å². The number of hydrogen-bond donors (Lipinski definition) is 2. The van der Waals surface area contributed by atoms with Crippen LogP contribution in [0.4, 0.5) is 0 Å². The third kappa shape index (κ3) is 3.56. The van der Waals surface area contributed by atoms with Crippen LogP contribution in [0.5, 0.6) is 11.5 Å². The summed E-state index contributed by atoms with van der Waals surface area (Å²) >= 11 is 0. The molecule has 0 aliphatic rings. The second-order valence-corrected chi connectivity index (χ2v) is 8.83. The van der Waals surface area contributed by atoms with Crippen molar-refractivity contribution in [2.45, 2.75) is 38.5 Å². The first-order chi connectivity index (χ1) is 13.0. The van der Waals surface area contributed by atoms with Crippen LogP contribution in [0.3, 0.4) is 0 Å². The molecule has 0 radical (unpaired) electrons. The average Bonchev–Trinajstić information content (AvgIpc) is 2.66. The van der Waals surface area contributed by atoms with Crippen molar-refractivity contribution in [1.29, 1.82) is 0 Å². The Morgan fingerprint density at radius 3 is 1.11 bits per heavy atom. The highest BCUT2D eigenvalue weighted by atomic mass is 16.3. The van der Waals surface area contributed by atoms with E-state index in [1.54, 1.807) is 12.1 Å². The highest BCUT2D eigenvalue weighted by molar-refractivity contribution is 6.34. The van der Waals surface area contributed by atoms with Gasteiger partial charge in [-0.3, -0.25) is 0 Å². The Balaban J connectivity index is 1.95. The SMILES string of the molecule is Bc1cc(C(C)(C)c2ccc(C(C)(C)c3ccc(O)c(B)c3)cc2)ccc1O. The smallest absolute Gasteiger partial charge is 0.144 e. The molecule has 4 heteroatoms. The predicted octanol–water partition coefficient (Wildman–Crippen LogP) is 2.27. The van der Waals surface area contributed by atoms with Crippen LogP contribution in [0.25, 0.3) is 0 Å². The largest absolute Gasteiger partial charge is 0.509 e. The summed E-state index contributed by atoms with van der Waals surface area (Å²) in [6.45, 7) is 8.84. The van der Waals surface area contributed by atoms with Crippen LogP contribution in [0.2, 0.25) is 0 Å². The van der Waals surface area contributed by atoms with Gasteiger partial charge in [-0.15, -0.1) is 0 Å². The summed E-state index contributed by atoms with van der Waals surface area (Å²) in [7, 11) is 3.86. The van der Waals surface area contributed by atoms with E-state index in [1.165, 1.54) is 22.3 Å². The number of aromatic hydroxyl groups is 2. The van der Waals surface area contributed by atoms with Crippen molar-refractivity contribution in [2.75, 3.05) is 0 Å². The summed E-state index contributed by atoms with van der Waals surface area (Å²) in [5.41, 5.74) is 6.31. The number of phenols is 2. The number of phenolic OH excluding ortho intramolecular Hbond substituents is 2. The van der Waals surface area contributed by atoms with Crippen molar-refractivity contribution < 1.29 is 10.2 Å². The van der Waals surface area contributed by atoms with E-state index in [2.05, 4.69) is 64.1 Å². The highest BCUT2D eigenvalue weighted by Crippen LogP contribution is 2.35. The van der Waals surface area contributed by atoms with Gasteiger partial charge < -0.3 is 10.2 Å². The third-order valence-corrected chi connectivity index (χ3v) is 6.17. The Morgan fingerprint density at radius 2 is 0.821 bits per heavy atom. The van der Waals surface area contributed by atoms with Crippen molar-refractivity contribution in [3.8, 4) is 11.5 Å². The molecule has 28 heavy (non-hydrogen) atoms. The van der Waals surface area contributed by atoms with Gasteiger partial charge in [-0.25, -0.2) is 0 Å². The molecule has 142 valence electrons. The van der Waals surface area contributed by atoms with Gasteiger partial charge in [-0.1, -0.05) is 76.2 Å². The Bertz CT molecular complexity index is 923. The standard InChI is InChI=1S/C24H28B2O2/c1-23(2,17-9-11-21(27)19(25)13-17)15-5-7-16(8-6-15)24(3,4)18-10-12-22(28)20(26)14-18/h5-14,27-28H,25-26H2,1-4H3. The molecule has 0 unspecified atom stereocenters. The summed E-state index contributed by atoms with van der Waals surface area (Å²) in [4.78, 5) is 0. The Kier molecular flexibility index (Phi) is 5.10. The molecule has 0 aliphatic heterocycles. The van der Waals surface area contributed by atoms with Crippen LogP contribution in [0, 0.1) is 0 Å². The lowest BCUT2D eigenvalue weighted by Crippen LogP contribution is -2.23. The first-order valence-corrected chi connectivity index (χ1v) is 9.74. The molecule has 0 bridgehead atoms. The molecule has 0 saturated carbocycles. The summed E-state index contributed by atoms with van der Waals surface area (Å²) in [5.74, 6) is 0.668. The van der Waals surface area contributed by atoms with E-state index in [9.17, 15) is 10.2 Å². The van der Waals surface area contributed by atoms with Gasteiger partial charge in [0.05, 0.1) is 0 Å². The molecule has 0 fully saturated rings. The molecular formula is C24H28B2O2. The lowest BCUT2D eigenvalue weighted by atomic mass is 9.73. The first kappa shape index (κ1) is 20.1. The van der Waals surface area contributed by atoms with E-state index in [0.29, 0.717) is 11.5 Å². The molecule has 0 amide bonds. The fourth-order valence-electron chi connectivity index (χ4n) is 3.73. The quantitative estimate of drug-likeness (QED) is 0.692. The minimum absolute atomic E-state index is 0.156. The maximum absolute atomic E-state index is 9.84. The van der Waals surface area contributed by atoms with E-state index in [1.807, 2.05) is 27.8 Å². The van der Waals surface area contributed by atoms with E-state index in [0.717, 1.165) is 10.9 Å². The predicted molar refractivity (Wildman–Crippen MR) is 123 cm³/mol. The van der Waals surface area contributed by atoms with E-state index >= 15 is 0 Å². The highest BCUT2D eigenvalue weighted by Gasteiger charge is 2.27. The van der Waals surface area contributed by atoms with Gasteiger partial charge in [0.15, 0.2) is 0 Å². The lowest BCUT2D eigenvalue weighted by Gasteiger charge is -2.30. The molecule has 3 aromatic carbocycles. The Labute approximate surface area is 170 Å². The van der Waals surface area contributed by atoms with Crippen molar-refractivity contribution in [3.05, 3.63) is 82.9 Å². The first-order valence-electron chi connectivity index (χ1n) is 9.74. The van der Waals surface area contributed by atoms with Crippen molar-refractivity contribution in [3.63, 3.8) is 0 Å². The minimum atomic E-state index is -0.156. The van der Waals surface area contributed by atoms with E-state index in [4.69, 9.17) is 0 Å². The Hall–Kier alpha value is -2.61. The molecule has 2 N–H and O–H groups in total. The van der Waals surface area contributed by atoms with E-state index in [-0.39, 0.29) is 10.8 Å². The topological polar surface area (TPSA) is 40.5 Å². The molecular weight excluding hydrogens is 342 g/mol. The van der Waals surface area contributed by atoms with Gasteiger partial charge in [-0.05, 0) is 45.3 Å². The monoisotopic (exact) mass is 370 g/mol. The molecule has 0 aliphatic carbocycles. The zero-order valence-corrected chi connectivity index (χ0v) is 17.7. The lowest BCUT2D eigenvalue weighted by molar-refractivity contribution is 0.478. The molecule has 0 heterocycles. The van der Waals surface area contributed by atoms with Gasteiger partial charge in [0, 0.05) is 10.8 Å². The molecule has 2 nitrogen and oxygen atoms in total. The zero-order valence-electron chi connectivity index (χ0n) is 17.7. The summed E-state index contributed by atoms with van der Waals surface area (Å²) in [5, 5.41) is 19.7. The summed E-state index contributed by atoms with van der Waals surface area (Å²) in [6, 6.07) is 20.5. The molecule has 0 spiro atoms. The van der Waals surface area contributed by atoms with Crippen LogP contribution >= 0.6 is 0 Å². The van der Waals surface area contributed by atoms with Gasteiger partial charge in [0.2, 0.25) is 0 Å². The Morgan fingerprint density at radius 1 is 0.536 bits per heavy atom.